The van der Waals surface area contributed by atoms with E-state index in [9.17, 15) is 19.5 Å². The first-order valence-electron chi connectivity index (χ1n) is 11.1. The van der Waals surface area contributed by atoms with E-state index in [2.05, 4.69) is 13.0 Å². The summed E-state index contributed by atoms with van der Waals surface area (Å²) in [5.41, 5.74) is 0. The molecule has 0 amide bonds. The van der Waals surface area contributed by atoms with Gasteiger partial charge in [0, 0.05) is 6.42 Å². The molecule has 2 N–H and O–H groups in total. The first-order valence-corrected chi connectivity index (χ1v) is 11.1. The van der Waals surface area contributed by atoms with Crippen molar-refractivity contribution in [3.05, 3.63) is 12.2 Å². The van der Waals surface area contributed by atoms with E-state index in [0.717, 1.165) is 44.9 Å². The predicted octanol–water partition coefficient (Wildman–Crippen LogP) is 5.60. The minimum atomic E-state index is -0.993. The van der Waals surface area contributed by atoms with Crippen LogP contribution in [0.2, 0.25) is 0 Å². The third-order valence-corrected chi connectivity index (χ3v) is 5.20. The number of hydrogen-bond donors (Lipinski definition) is 2. The Labute approximate surface area is 175 Å². The number of carbonyl (C=O) groups excluding carboxylic acids is 1. The van der Waals surface area contributed by atoms with Gasteiger partial charge in [-0.2, -0.15) is 0 Å². The van der Waals surface area contributed by atoms with Crippen molar-refractivity contribution >= 4 is 17.9 Å². The number of ether oxygens (including phenoxy) is 1. The standard InChI is InChI=1S/C23H40O6/c1-3-4-5-6-7-9-12-15-19(20(18-22(26)27)23(28)29-2)16-13-10-8-11-14-17-21(24)25/h12,15,19-20H,3-11,13-14,16-18H2,1-2H3,(H,24,25)(H,26,27)/b15-12+. The smallest absolute Gasteiger partial charge is 0.309 e. The van der Waals surface area contributed by atoms with E-state index < -0.39 is 23.8 Å². The molecular weight excluding hydrogens is 372 g/mol. The number of allylic oxidation sites excluding steroid dienone is 2. The van der Waals surface area contributed by atoms with E-state index >= 15 is 0 Å². The molecule has 0 saturated carbocycles. The van der Waals surface area contributed by atoms with Crippen molar-refractivity contribution in [2.75, 3.05) is 7.11 Å². The minimum Gasteiger partial charge on any atom is -0.481 e. The van der Waals surface area contributed by atoms with Crippen LogP contribution in [0.25, 0.3) is 0 Å². The van der Waals surface area contributed by atoms with Gasteiger partial charge in [-0.05, 0) is 31.6 Å². The maximum absolute atomic E-state index is 12.2. The van der Waals surface area contributed by atoms with E-state index in [-0.39, 0.29) is 18.8 Å². The highest BCUT2D eigenvalue weighted by atomic mass is 16.5. The number of unbranched alkanes of at least 4 members (excludes halogenated alkanes) is 9. The number of methoxy groups -OCH3 is 1. The fourth-order valence-corrected chi connectivity index (χ4v) is 3.50. The predicted molar refractivity (Wildman–Crippen MR) is 114 cm³/mol. The van der Waals surface area contributed by atoms with Gasteiger partial charge in [-0.3, -0.25) is 14.4 Å². The van der Waals surface area contributed by atoms with Gasteiger partial charge in [-0.15, -0.1) is 0 Å². The molecule has 0 fully saturated rings. The molecule has 0 aromatic heterocycles. The summed E-state index contributed by atoms with van der Waals surface area (Å²) in [5.74, 6) is -3.04. The van der Waals surface area contributed by atoms with Gasteiger partial charge < -0.3 is 14.9 Å². The van der Waals surface area contributed by atoms with E-state index in [1.54, 1.807) is 0 Å². The maximum Gasteiger partial charge on any atom is 0.309 e. The molecule has 29 heavy (non-hydrogen) atoms. The third-order valence-electron chi connectivity index (χ3n) is 5.20. The Balaban J connectivity index is 4.61. The van der Waals surface area contributed by atoms with Crippen LogP contribution >= 0.6 is 0 Å². The molecule has 0 aromatic rings. The molecule has 168 valence electrons. The molecule has 0 aliphatic rings. The Bertz CT molecular complexity index is 486. The molecule has 0 aromatic carbocycles. The topological polar surface area (TPSA) is 101 Å². The molecule has 2 atom stereocenters. The zero-order valence-electron chi connectivity index (χ0n) is 18.2. The van der Waals surface area contributed by atoms with Gasteiger partial charge in [0.05, 0.1) is 19.4 Å². The van der Waals surface area contributed by atoms with Crippen LogP contribution in [-0.4, -0.2) is 35.2 Å². The Hall–Kier alpha value is -1.85. The highest BCUT2D eigenvalue weighted by Crippen LogP contribution is 2.26. The molecule has 0 heterocycles. The summed E-state index contributed by atoms with van der Waals surface area (Å²) in [6, 6.07) is 0. The largest absolute Gasteiger partial charge is 0.481 e. The second kappa shape index (κ2) is 18.2. The normalized spacial score (nSPS) is 13.3. The number of hydrogen-bond acceptors (Lipinski definition) is 4. The molecule has 0 aliphatic carbocycles. The third kappa shape index (κ3) is 15.7. The summed E-state index contributed by atoms with van der Waals surface area (Å²) in [6.45, 7) is 2.19. The average Bonchev–Trinajstić information content (AvgIpc) is 2.68. The van der Waals surface area contributed by atoms with Gasteiger partial charge in [0.25, 0.3) is 0 Å². The van der Waals surface area contributed by atoms with Gasteiger partial charge in [0.15, 0.2) is 0 Å². The van der Waals surface area contributed by atoms with E-state index in [1.165, 1.54) is 32.8 Å². The van der Waals surface area contributed by atoms with Crippen molar-refractivity contribution in [2.24, 2.45) is 11.8 Å². The number of carbonyl (C=O) groups is 3. The number of carboxylic acids is 2. The minimum absolute atomic E-state index is 0.145. The van der Waals surface area contributed by atoms with Gasteiger partial charge in [0.1, 0.15) is 0 Å². The summed E-state index contributed by atoms with van der Waals surface area (Å²) in [6.07, 6.45) is 16.1. The molecule has 6 nitrogen and oxygen atoms in total. The molecule has 0 bridgehead atoms. The number of carboxylic acid groups (broad SMARTS) is 2. The second-order valence-electron chi connectivity index (χ2n) is 7.72. The molecular formula is C23H40O6. The SMILES string of the molecule is CCCCCCC/C=C/C(CCCCCCCC(=O)O)C(CC(=O)O)C(=O)OC. The lowest BCUT2D eigenvalue weighted by atomic mass is 9.84. The quantitative estimate of drug-likeness (QED) is 0.163. The molecule has 0 rings (SSSR count). The Morgan fingerprint density at radius 1 is 0.862 bits per heavy atom. The molecule has 6 heteroatoms. The monoisotopic (exact) mass is 412 g/mol. The molecule has 0 saturated heterocycles. The fourth-order valence-electron chi connectivity index (χ4n) is 3.50. The lowest BCUT2D eigenvalue weighted by Crippen LogP contribution is -2.26. The average molecular weight is 413 g/mol. The Morgan fingerprint density at radius 3 is 2.10 bits per heavy atom. The van der Waals surface area contributed by atoms with E-state index in [0.29, 0.717) is 6.42 Å². The van der Waals surface area contributed by atoms with Gasteiger partial charge in [-0.25, -0.2) is 0 Å². The highest BCUT2D eigenvalue weighted by Gasteiger charge is 2.29. The van der Waals surface area contributed by atoms with Crippen LogP contribution in [0.5, 0.6) is 0 Å². The van der Waals surface area contributed by atoms with Gasteiger partial charge >= 0.3 is 17.9 Å². The zero-order chi connectivity index (χ0) is 21.9. The van der Waals surface area contributed by atoms with Crippen molar-refractivity contribution in [1.29, 1.82) is 0 Å². The lowest BCUT2D eigenvalue weighted by Gasteiger charge is -2.21. The second-order valence-corrected chi connectivity index (χ2v) is 7.72. The summed E-state index contributed by atoms with van der Waals surface area (Å²) in [4.78, 5) is 33.9. The molecule has 0 aliphatic heterocycles. The first-order chi connectivity index (χ1) is 13.9. The number of esters is 1. The van der Waals surface area contributed by atoms with E-state index in [4.69, 9.17) is 9.84 Å². The van der Waals surface area contributed by atoms with Crippen LogP contribution < -0.4 is 0 Å². The van der Waals surface area contributed by atoms with Gasteiger partial charge in [-0.1, -0.05) is 70.4 Å². The van der Waals surface area contributed by atoms with E-state index in [1.807, 2.05) is 6.08 Å². The van der Waals surface area contributed by atoms with Crippen molar-refractivity contribution in [1.82, 2.24) is 0 Å². The zero-order valence-corrected chi connectivity index (χ0v) is 18.2. The Kier molecular flexibility index (Phi) is 17.0. The summed E-state index contributed by atoms with van der Waals surface area (Å²) < 4.78 is 4.86. The number of rotatable bonds is 19. The summed E-state index contributed by atoms with van der Waals surface area (Å²) in [7, 11) is 1.30. The molecule has 0 radical (unpaired) electrons. The van der Waals surface area contributed by atoms with Crippen molar-refractivity contribution in [3.8, 4) is 0 Å². The van der Waals surface area contributed by atoms with Crippen LogP contribution in [0.3, 0.4) is 0 Å². The first kappa shape index (κ1) is 27.1. The van der Waals surface area contributed by atoms with Crippen molar-refractivity contribution < 1.29 is 29.3 Å². The lowest BCUT2D eigenvalue weighted by molar-refractivity contribution is -0.152. The number of aliphatic carboxylic acids is 2. The summed E-state index contributed by atoms with van der Waals surface area (Å²) >= 11 is 0. The maximum atomic E-state index is 12.2. The van der Waals surface area contributed by atoms with Crippen LogP contribution in [0.4, 0.5) is 0 Å². The Morgan fingerprint density at radius 2 is 1.48 bits per heavy atom. The van der Waals surface area contributed by atoms with Crippen LogP contribution in [0.1, 0.15) is 96.8 Å². The van der Waals surface area contributed by atoms with Crippen LogP contribution in [-0.2, 0) is 19.1 Å². The van der Waals surface area contributed by atoms with Crippen molar-refractivity contribution in [2.45, 2.75) is 96.8 Å². The van der Waals surface area contributed by atoms with Crippen LogP contribution in [0, 0.1) is 11.8 Å². The molecule has 0 spiro atoms. The summed E-state index contributed by atoms with van der Waals surface area (Å²) in [5, 5.41) is 17.9. The molecule has 2 unspecified atom stereocenters. The van der Waals surface area contributed by atoms with Crippen LogP contribution in [0.15, 0.2) is 12.2 Å². The highest BCUT2D eigenvalue weighted by molar-refractivity contribution is 5.79. The van der Waals surface area contributed by atoms with Crippen molar-refractivity contribution in [3.63, 3.8) is 0 Å². The van der Waals surface area contributed by atoms with Gasteiger partial charge in [0.2, 0.25) is 0 Å². The fraction of sp³-hybridized carbons (Fsp3) is 0.783.